The minimum Gasteiger partial charge on any atom is -0.480 e. The summed E-state index contributed by atoms with van der Waals surface area (Å²) >= 11 is 0. The summed E-state index contributed by atoms with van der Waals surface area (Å²) in [5.41, 5.74) is 12.6. The Kier molecular flexibility index (Phi) is 16.5. The number of aliphatic carboxylic acids is 1. The van der Waals surface area contributed by atoms with Crippen molar-refractivity contribution in [2.45, 2.75) is 101 Å². The van der Waals surface area contributed by atoms with E-state index in [1.807, 2.05) is 81.6 Å². The Morgan fingerprint density at radius 2 is 1.29 bits per heavy atom. The number of carbonyl (C=O) groups excluding carboxylic acids is 4. The summed E-state index contributed by atoms with van der Waals surface area (Å²) in [6.45, 7) is 5.00. The lowest BCUT2D eigenvalue weighted by Crippen LogP contribution is -2.60. The third-order valence-corrected chi connectivity index (χ3v) is 9.32. The first kappa shape index (κ1) is 41.1. The van der Waals surface area contributed by atoms with Gasteiger partial charge in [0.05, 0.1) is 6.04 Å². The second kappa shape index (κ2) is 20.5. The molecule has 13 heteroatoms. The fourth-order valence-corrected chi connectivity index (χ4v) is 6.19. The molecule has 0 aromatic heterocycles. The predicted octanol–water partition coefficient (Wildman–Crippen LogP) is 1.48. The number of nitrogens with one attached hydrogen (secondary N) is 4. The second-order valence-corrected chi connectivity index (χ2v) is 14.0. The molecular weight excluding hydrogens is 650 g/mol. The summed E-state index contributed by atoms with van der Waals surface area (Å²) in [5, 5.41) is 21.3. The zero-order chi connectivity index (χ0) is 37.4. The van der Waals surface area contributed by atoms with Crippen molar-refractivity contribution in [3.8, 4) is 0 Å². The van der Waals surface area contributed by atoms with Crippen molar-refractivity contribution >= 4 is 29.6 Å². The third-order valence-electron chi connectivity index (χ3n) is 9.32. The van der Waals surface area contributed by atoms with Crippen molar-refractivity contribution in [3.63, 3.8) is 0 Å². The molecule has 2 aromatic rings. The molecule has 1 saturated heterocycles. The molecule has 0 aliphatic carbocycles. The molecule has 51 heavy (non-hydrogen) atoms. The van der Waals surface area contributed by atoms with Gasteiger partial charge in [-0.25, -0.2) is 0 Å². The minimum absolute atomic E-state index is 0.00833. The molecule has 4 amide bonds. The molecule has 9 N–H and O–H groups in total. The van der Waals surface area contributed by atoms with Gasteiger partial charge in [-0.15, -0.1) is 0 Å². The smallest absolute Gasteiger partial charge is 0.323 e. The van der Waals surface area contributed by atoms with Crippen molar-refractivity contribution in [3.05, 3.63) is 71.8 Å². The maximum atomic E-state index is 13.9. The zero-order valence-electron chi connectivity index (χ0n) is 30.2. The van der Waals surface area contributed by atoms with Gasteiger partial charge in [0.2, 0.25) is 23.6 Å². The molecule has 1 heterocycles. The summed E-state index contributed by atoms with van der Waals surface area (Å²) in [5.74, 6) is -2.94. The van der Waals surface area contributed by atoms with Crippen LogP contribution >= 0.6 is 0 Å². The van der Waals surface area contributed by atoms with E-state index in [1.165, 1.54) is 0 Å². The number of hydrogen-bond donors (Lipinski definition) is 7. The van der Waals surface area contributed by atoms with Crippen LogP contribution in [-0.4, -0.2) is 96.0 Å². The average Bonchev–Trinajstić information content (AvgIpc) is 3.11. The molecule has 0 bridgehead atoms. The lowest BCUT2D eigenvalue weighted by Gasteiger charge is -2.38. The first-order valence-corrected chi connectivity index (χ1v) is 18.0. The molecule has 280 valence electrons. The van der Waals surface area contributed by atoms with Crippen LogP contribution in [0.3, 0.4) is 0 Å². The van der Waals surface area contributed by atoms with E-state index in [-0.39, 0.29) is 57.0 Å². The number of piperidine rings is 1. The van der Waals surface area contributed by atoms with Crippen LogP contribution in [0.15, 0.2) is 60.7 Å². The summed E-state index contributed by atoms with van der Waals surface area (Å²) in [4.78, 5) is 68.2. The third kappa shape index (κ3) is 13.4. The van der Waals surface area contributed by atoms with E-state index in [2.05, 4.69) is 21.3 Å². The number of carboxylic acid groups (broad SMARTS) is 1. The normalized spacial score (nSPS) is 16.4. The number of rotatable bonds is 20. The monoisotopic (exact) mass is 707 g/mol. The predicted molar refractivity (Wildman–Crippen MR) is 196 cm³/mol. The van der Waals surface area contributed by atoms with Crippen molar-refractivity contribution in [1.82, 2.24) is 26.2 Å². The van der Waals surface area contributed by atoms with Gasteiger partial charge in [-0.2, -0.15) is 0 Å². The van der Waals surface area contributed by atoms with Crippen molar-refractivity contribution in [2.75, 3.05) is 26.7 Å². The SMILES string of the molecule is CNCCCCC[C@@H](NC(=O)[C@@H](CC(C)C)NC(=O)[C@@H](Cc1ccccc1)NC(=O)[C@H](N)Cc1ccccc1)C(=O)N1CCC(N)(C(=O)O)CC1. The average molecular weight is 708 g/mol. The summed E-state index contributed by atoms with van der Waals surface area (Å²) in [6.07, 6.45) is 3.76. The van der Waals surface area contributed by atoms with E-state index < -0.39 is 53.4 Å². The number of carboxylic acids is 1. The maximum absolute atomic E-state index is 13.9. The Hall–Kier alpha value is -4.33. The molecule has 0 spiro atoms. The van der Waals surface area contributed by atoms with Crippen LogP contribution in [0.1, 0.15) is 69.9 Å². The fraction of sp³-hybridized carbons (Fsp3) is 0.553. The number of carbonyl (C=O) groups is 5. The Bertz CT molecular complexity index is 1420. The topological polar surface area (TPSA) is 209 Å². The van der Waals surface area contributed by atoms with Crippen LogP contribution in [-0.2, 0) is 36.8 Å². The zero-order valence-corrected chi connectivity index (χ0v) is 30.2. The Morgan fingerprint density at radius 1 is 0.765 bits per heavy atom. The minimum atomic E-state index is -1.40. The lowest BCUT2D eigenvalue weighted by molar-refractivity contribution is -0.148. The Morgan fingerprint density at radius 3 is 1.84 bits per heavy atom. The Labute approximate surface area is 301 Å². The molecule has 2 aromatic carbocycles. The van der Waals surface area contributed by atoms with E-state index in [0.29, 0.717) is 12.8 Å². The van der Waals surface area contributed by atoms with Gasteiger partial charge in [0.1, 0.15) is 23.7 Å². The number of hydrogen-bond acceptors (Lipinski definition) is 8. The van der Waals surface area contributed by atoms with Gasteiger partial charge >= 0.3 is 5.97 Å². The molecular formula is C38H57N7O6. The number of likely N-dealkylation sites (tertiary alicyclic amines) is 1. The van der Waals surface area contributed by atoms with Gasteiger partial charge in [0.15, 0.2) is 0 Å². The molecule has 4 atom stereocenters. The summed E-state index contributed by atoms with van der Waals surface area (Å²) in [6, 6.07) is 14.8. The van der Waals surface area contributed by atoms with Crippen LogP contribution in [0.5, 0.6) is 0 Å². The highest BCUT2D eigenvalue weighted by molar-refractivity contribution is 5.95. The Balaban J connectivity index is 1.77. The first-order valence-electron chi connectivity index (χ1n) is 18.0. The highest BCUT2D eigenvalue weighted by Crippen LogP contribution is 2.21. The van der Waals surface area contributed by atoms with Crippen molar-refractivity contribution in [2.24, 2.45) is 17.4 Å². The van der Waals surface area contributed by atoms with Gasteiger partial charge < -0.3 is 42.7 Å². The standard InChI is InChI=1S/C38H57N7O6/c1-26(2)23-31(34(47)42-30(17-11-6-12-20-41-3)36(49)45-21-18-38(40,19-22-45)37(50)51)44-35(48)32(25-28-15-9-5-10-16-28)43-33(46)29(39)24-27-13-7-4-8-14-27/h4-5,7-10,13-16,26,29-32,41H,6,11-12,17-25,39-40H2,1-3H3,(H,42,47)(H,43,46)(H,44,48)(H,50,51)/t29-,30-,31-,32-/m1/s1. The number of nitrogens with zero attached hydrogens (tertiary/aromatic N) is 1. The van der Waals surface area contributed by atoms with Crippen LogP contribution < -0.4 is 32.7 Å². The quantitative estimate of drug-likeness (QED) is 0.0994. The molecule has 1 aliphatic heterocycles. The molecule has 13 nitrogen and oxygen atoms in total. The van der Waals surface area contributed by atoms with E-state index in [0.717, 1.165) is 30.5 Å². The van der Waals surface area contributed by atoms with Gasteiger partial charge in [0.25, 0.3) is 0 Å². The van der Waals surface area contributed by atoms with E-state index in [9.17, 15) is 29.1 Å². The van der Waals surface area contributed by atoms with E-state index >= 15 is 0 Å². The molecule has 1 aliphatic rings. The van der Waals surface area contributed by atoms with Gasteiger partial charge in [-0.1, -0.05) is 87.4 Å². The molecule has 0 saturated carbocycles. The van der Waals surface area contributed by atoms with Gasteiger partial charge in [-0.3, -0.25) is 24.0 Å². The molecule has 0 radical (unpaired) electrons. The fourth-order valence-electron chi connectivity index (χ4n) is 6.19. The van der Waals surface area contributed by atoms with Crippen LogP contribution in [0, 0.1) is 5.92 Å². The molecule has 0 unspecified atom stereocenters. The van der Waals surface area contributed by atoms with Crippen LogP contribution in [0.25, 0.3) is 0 Å². The summed E-state index contributed by atoms with van der Waals surface area (Å²) < 4.78 is 0. The largest absolute Gasteiger partial charge is 0.480 e. The van der Waals surface area contributed by atoms with Crippen LogP contribution in [0.2, 0.25) is 0 Å². The summed E-state index contributed by atoms with van der Waals surface area (Å²) in [7, 11) is 1.87. The van der Waals surface area contributed by atoms with Crippen molar-refractivity contribution < 1.29 is 29.1 Å². The lowest BCUT2D eigenvalue weighted by atomic mass is 9.88. The maximum Gasteiger partial charge on any atom is 0.323 e. The molecule has 3 rings (SSSR count). The number of nitrogens with two attached hydrogens (primary N) is 2. The highest BCUT2D eigenvalue weighted by atomic mass is 16.4. The number of benzene rings is 2. The first-order chi connectivity index (χ1) is 24.3. The van der Waals surface area contributed by atoms with Crippen LogP contribution in [0.4, 0.5) is 0 Å². The van der Waals surface area contributed by atoms with Crippen molar-refractivity contribution in [1.29, 1.82) is 0 Å². The highest BCUT2D eigenvalue weighted by Gasteiger charge is 2.40. The number of amides is 4. The number of unbranched alkanes of at least 4 members (excludes halogenated alkanes) is 2. The van der Waals surface area contributed by atoms with Gasteiger partial charge in [-0.05, 0) is 69.2 Å². The molecule has 1 fully saturated rings. The van der Waals surface area contributed by atoms with E-state index in [1.54, 1.807) is 4.90 Å². The van der Waals surface area contributed by atoms with Gasteiger partial charge in [0, 0.05) is 19.5 Å². The second-order valence-electron chi connectivity index (χ2n) is 14.0. The van der Waals surface area contributed by atoms with E-state index in [4.69, 9.17) is 11.5 Å².